The van der Waals surface area contributed by atoms with Crippen molar-refractivity contribution in [3.63, 3.8) is 0 Å². The second kappa shape index (κ2) is 13.3. The number of nitrogens with zero attached hydrogens (tertiary/aromatic N) is 2. The molecule has 0 aliphatic carbocycles. The van der Waals surface area contributed by atoms with E-state index in [-0.39, 0.29) is 28.6 Å². The molecule has 34 heavy (non-hydrogen) atoms. The predicted octanol–water partition coefficient (Wildman–Crippen LogP) is 5.71. The van der Waals surface area contributed by atoms with Crippen molar-refractivity contribution in [2.45, 2.75) is 19.4 Å². The molecule has 3 rings (SSSR count). The maximum absolute atomic E-state index is 12.7. The highest BCUT2D eigenvalue weighted by molar-refractivity contribution is 6.32. The number of hydrogen-bond acceptors (Lipinski definition) is 6. The van der Waals surface area contributed by atoms with Crippen molar-refractivity contribution in [2.75, 3.05) is 6.54 Å². The Bertz CT molecular complexity index is 1160. The van der Waals surface area contributed by atoms with E-state index < -0.39 is 9.85 Å². The van der Waals surface area contributed by atoms with Gasteiger partial charge in [0.15, 0.2) is 0 Å². The third kappa shape index (κ3) is 8.51. The summed E-state index contributed by atoms with van der Waals surface area (Å²) in [7, 11) is 0. The molecule has 8 nitrogen and oxygen atoms in total. The summed E-state index contributed by atoms with van der Waals surface area (Å²) >= 11 is 11.7. The van der Waals surface area contributed by atoms with Gasteiger partial charge in [-0.3, -0.25) is 20.2 Å². The van der Waals surface area contributed by atoms with E-state index in [2.05, 4.69) is 5.32 Å². The van der Waals surface area contributed by atoms with E-state index in [1.165, 1.54) is 42.5 Å². The minimum Gasteiger partial charge on any atom is -0.312 e. The highest BCUT2D eigenvalue weighted by Crippen LogP contribution is 2.23. The lowest BCUT2D eigenvalue weighted by Crippen LogP contribution is -2.16. The fourth-order valence-electron chi connectivity index (χ4n) is 2.82. The fourth-order valence-corrected chi connectivity index (χ4v) is 3.34. The van der Waals surface area contributed by atoms with E-state index in [9.17, 15) is 29.4 Å². The Labute approximate surface area is 204 Å². The van der Waals surface area contributed by atoms with Gasteiger partial charge < -0.3 is 10.1 Å². The second-order valence-corrected chi connectivity index (χ2v) is 7.80. The Balaban J connectivity index is 0.000000270. The smallest absolute Gasteiger partial charge is 0.270 e. The van der Waals surface area contributed by atoms with Crippen LogP contribution in [0.2, 0.25) is 10.0 Å². The molecule has 0 atom stereocenters. The van der Waals surface area contributed by atoms with Crippen LogP contribution in [-0.4, -0.2) is 22.7 Å². The summed E-state index contributed by atoms with van der Waals surface area (Å²) in [6.45, 7) is 1.31. The van der Waals surface area contributed by atoms with Crippen LogP contribution >= 0.6 is 23.2 Å². The van der Waals surface area contributed by atoms with Gasteiger partial charge in [-0.25, -0.2) is 4.39 Å². The predicted molar refractivity (Wildman–Crippen MR) is 128 cm³/mol. The van der Waals surface area contributed by atoms with Gasteiger partial charge >= 0.3 is 0 Å². The highest BCUT2D eigenvalue weighted by Gasteiger charge is 2.09. The molecule has 0 heterocycles. The van der Waals surface area contributed by atoms with Gasteiger partial charge in [-0.05, 0) is 41.8 Å². The van der Waals surface area contributed by atoms with E-state index in [0.29, 0.717) is 36.4 Å². The van der Waals surface area contributed by atoms with Crippen LogP contribution in [0.1, 0.15) is 16.7 Å². The number of benzene rings is 3. The molecule has 0 aliphatic heterocycles. The zero-order valence-electron chi connectivity index (χ0n) is 17.7. The van der Waals surface area contributed by atoms with E-state index in [1.807, 2.05) is 0 Å². The van der Waals surface area contributed by atoms with Crippen LogP contribution < -0.4 is 5.32 Å². The number of nitro groups is 2. The van der Waals surface area contributed by atoms with Gasteiger partial charge in [-0.2, -0.15) is 0 Å². The molecule has 0 aromatic heterocycles. The Hall–Kier alpha value is -3.40. The number of nitro benzene ring substituents is 2. The Morgan fingerprint density at radius 3 is 1.85 bits per heavy atom. The number of halogens is 3. The first-order valence-electron chi connectivity index (χ1n) is 9.95. The van der Waals surface area contributed by atoms with Crippen molar-refractivity contribution >= 4 is 40.9 Å². The van der Waals surface area contributed by atoms with Crippen LogP contribution in [0.3, 0.4) is 0 Å². The first-order valence-corrected chi connectivity index (χ1v) is 10.7. The summed E-state index contributed by atoms with van der Waals surface area (Å²) in [4.78, 5) is 30.1. The zero-order chi connectivity index (χ0) is 25.1. The zero-order valence-corrected chi connectivity index (χ0v) is 19.3. The van der Waals surface area contributed by atoms with E-state index in [0.717, 1.165) is 11.1 Å². The lowest BCUT2D eigenvalue weighted by atomic mass is 10.1. The van der Waals surface area contributed by atoms with Crippen molar-refractivity contribution < 1.29 is 19.0 Å². The SMILES string of the molecule is O=CCc1ccc([N+](=O)[O-])cc1Cl.O=[N+]([O-])c1ccc(CCNCc2ccc(F)cc2)c(Cl)c1. The van der Waals surface area contributed by atoms with Crippen LogP contribution in [0.25, 0.3) is 0 Å². The van der Waals surface area contributed by atoms with Crippen molar-refractivity contribution in [1.82, 2.24) is 5.32 Å². The summed E-state index contributed by atoms with van der Waals surface area (Å²) in [5.74, 6) is -0.253. The number of aldehydes is 1. The summed E-state index contributed by atoms with van der Waals surface area (Å²) in [6.07, 6.45) is 1.54. The van der Waals surface area contributed by atoms with Gasteiger partial charge in [0.05, 0.1) is 19.9 Å². The van der Waals surface area contributed by atoms with Crippen LogP contribution in [0, 0.1) is 26.0 Å². The molecule has 178 valence electrons. The first kappa shape index (κ1) is 26.8. The molecular formula is C23H20Cl2FN3O5. The summed E-state index contributed by atoms with van der Waals surface area (Å²) in [5, 5.41) is 24.8. The van der Waals surface area contributed by atoms with Crippen LogP contribution in [-0.2, 0) is 24.2 Å². The number of rotatable bonds is 9. The Kier molecular flexibility index (Phi) is 10.5. The largest absolute Gasteiger partial charge is 0.312 e. The minimum absolute atomic E-state index is 0.0111. The van der Waals surface area contributed by atoms with Crippen molar-refractivity contribution in [3.05, 3.63) is 113 Å². The Morgan fingerprint density at radius 2 is 1.38 bits per heavy atom. The van der Waals surface area contributed by atoms with Crippen molar-refractivity contribution in [2.24, 2.45) is 0 Å². The lowest BCUT2D eigenvalue weighted by molar-refractivity contribution is -0.385. The van der Waals surface area contributed by atoms with Gasteiger partial charge in [-0.1, -0.05) is 47.5 Å². The number of carbonyl (C=O) groups excluding carboxylic acids is 1. The summed E-state index contributed by atoms with van der Waals surface area (Å²) < 4.78 is 12.7. The molecule has 0 aliphatic rings. The molecule has 0 fully saturated rings. The molecule has 11 heteroatoms. The minimum atomic E-state index is -0.531. The van der Waals surface area contributed by atoms with E-state index in [4.69, 9.17) is 23.2 Å². The molecule has 0 saturated carbocycles. The van der Waals surface area contributed by atoms with E-state index in [1.54, 1.807) is 18.2 Å². The maximum atomic E-state index is 12.7. The van der Waals surface area contributed by atoms with Gasteiger partial charge in [0, 0.05) is 37.2 Å². The first-order chi connectivity index (χ1) is 16.2. The number of carbonyl (C=O) groups is 1. The average molecular weight is 508 g/mol. The maximum Gasteiger partial charge on any atom is 0.270 e. The third-order valence-electron chi connectivity index (χ3n) is 4.61. The highest BCUT2D eigenvalue weighted by atomic mass is 35.5. The number of hydrogen-bond donors (Lipinski definition) is 1. The average Bonchev–Trinajstić information content (AvgIpc) is 2.80. The second-order valence-electron chi connectivity index (χ2n) is 6.99. The standard InChI is InChI=1S/C15H14ClFN2O2.C8H6ClNO3/c16-15-9-14(19(20)21)6-3-12(15)7-8-18-10-11-1-4-13(17)5-2-11;9-8-5-7(10(12)13)2-1-6(8)3-4-11/h1-6,9,18H,7-8,10H2;1-2,4-5H,3H2. The molecule has 0 spiro atoms. The number of non-ortho nitro benzene ring substituents is 2. The molecule has 3 aromatic rings. The quantitative estimate of drug-likeness (QED) is 0.171. The van der Waals surface area contributed by atoms with Crippen LogP contribution in [0.15, 0.2) is 60.7 Å². The van der Waals surface area contributed by atoms with E-state index >= 15 is 0 Å². The molecule has 3 aromatic carbocycles. The van der Waals surface area contributed by atoms with Crippen LogP contribution in [0.5, 0.6) is 0 Å². The fraction of sp³-hybridized carbons (Fsp3) is 0.174. The molecule has 0 unspecified atom stereocenters. The van der Waals surface area contributed by atoms with Gasteiger partial charge in [0.1, 0.15) is 12.1 Å². The normalized spacial score (nSPS) is 10.2. The van der Waals surface area contributed by atoms with Gasteiger partial charge in [-0.15, -0.1) is 0 Å². The topological polar surface area (TPSA) is 115 Å². The molecule has 0 bridgehead atoms. The van der Waals surface area contributed by atoms with Crippen molar-refractivity contribution in [1.29, 1.82) is 0 Å². The molecular weight excluding hydrogens is 488 g/mol. The summed E-state index contributed by atoms with van der Waals surface area (Å²) in [5.41, 5.74) is 2.37. The molecule has 0 saturated heterocycles. The Morgan fingerprint density at radius 1 is 0.853 bits per heavy atom. The van der Waals surface area contributed by atoms with Gasteiger partial charge in [0.2, 0.25) is 0 Å². The molecule has 0 amide bonds. The summed E-state index contributed by atoms with van der Waals surface area (Å²) in [6, 6.07) is 14.8. The van der Waals surface area contributed by atoms with Crippen molar-refractivity contribution in [3.8, 4) is 0 Å². The van der Waals surface area contributed by atoms with Crippen LogP contribution in [0.4, 0.5) is 15.8 Å². The molecule has 1 N–H and O–H groups in total. The molecule has 0 radical (unpaired) electrons. The monoisotopic (exact) mass is 507 g/mol. The lowest BCUT2D eigenvalue weighted by Gasteiger charge is -2.06. The third-order valence-corrected chi connectivity index (χ3v) is 5.32. The number of nitrogens with one attached hydrogen (secondary N) is 1. The van der Waals surface area contributed by atoms with Gasteiger partial charge in [0.25, 0.3) is 11.4 Å².